The molecule has 1 aliphatic heterocycles. The van der Waals surface area contributed by atoms with Crippen molar-refractivity contribution < 1.29 is 19.1 Å². The lowest BCUT2D eigenvalue weighted by Gasteiger charge is -2.35. The Morgan fingerprint density at radius 3 is 2.62 bits per heavy atom. The number of Topliss-reactive ketones (excluding diaryl/α,β-unsaturated/α-hetero) is 1. The van der Waals surface area contributed by atoms with Crippen LogP contribution in [0.3, 0.4) is 0 Å². The summed E-state index contributed by atoms with van der Waals surface area (Å²) in [6.45, 7) is 3.80. The molecule has 0 spiro atoms. The molecule has 132 valence electrons. The zero-order valence-electron chi connectivity index (χ0n) is 14.2. The molecule has 0 unspecified atom stereocenters. The number of halogens is 1. The van der Waals surface area contributed by atoms with Crippen molar-refractivity contribution in [2.24, 2.45) is 0 Å². The number of aromatic nitrogens is 2. The van der Waals surface area contributed by atoms with Crippen molar-refractivity contribution in [2.75, 3.05) is 19.7 Å². The lowest BCUT2D eigenvalue weighted by molar-refractivity contribution is -0.117. The second kappa shape index (κ2) is 6.27. The number of aliphatic hydroxyl groups is 1. The van der Waals surface area contributed by atoms with Crippen LogP contribution in [-0.4, -0.2) is 56.8 Å². The van der Waals surface area contributed by atoms with Gasteiger partial charge in [-0.15, -0.1) is 0 Å². The molecule has 1 saturated heterocycles. The number of aliphatic hydroxyl groups excluding tert-OH is 1. The number of hydrogen-bond donors (Lipinski definition) is 1. The molecular weight excluding hydrogens is 313 g/mol. The zero-order chi connectivity index (χ0) is 17.5. The lowest BCUT2D eigenvalue weighted by atomic mass is 9.94. The number of fused-ring (bicyclic) bond motifs is 1. The number of piperidine rings is 1. The Balaban J connectivity index is 1.84. The molecule has 0 saturated carbocycles. The maximum Gasteiger partial charge on any atom is 0.274 e. The van der Waals surface area contributed by atoms with E-state index < -0.39 is 12.3 Å². The number of nitrogens with zero attached hydrogens (tertiary/aromatic N) is 3. The molecule has 2 aliphatic rings. The first-order chi connectivity index (χ1) is 11.3. The number of ketones is 1. The van der Waals surface area contributed by atoms with Crippen LogP contribution in [0.1, 0.15) is 60.8 Å². The van der Waals surface area contributed by atoms with Crippen LogP contribution in [0.2, 0.25) is 0 Å². The Morgan fingerprint density at radius 2 is 2.04 bits per heavy atom. The van der Waals surface area contributed by atoms with Gasteiger partial charge in [0.15, 0.2) is 11.5 Å². The number of hydrogen-bond acceptors (Lipinski definition) is 4. The largest absolute Gasteiger partial charge is 0.393 e. The van der Waals surface area contributed by atoms with E-state index in [1.807, 2.05) is 0 Å². The van der Waals surface area contributed by atoms with Gasteiger partial charge in [-0.3, -0.25) is 14.3 Å². The van der Waals surface area contributed by atoms with Crippen molar-refractivity contribution >= 4 is 11.7 Å². The highest BCUT2D eigenvalue weighted by Gasteiger charge is 2.38. The van der Waals surface area contributed by atoms with Crippen molar-refractivity contribution in [1.29, 1.82) is 0 Å². The van der Waals surface area contributed by atoms with Crippen LogP contribution in [0.15, 0.2) is 0 Å². The summed E-state index contributed by atoms with van der Waals surface area (Å²) in [7, 11) is 0. The minimum absolute atomic E-state index is 0.00184. The second-order valence-corrected chi connectivity index (χ2v) is 7.11. The van der Waals surface area contributed by atoms with E-state index in [0.29, 0.717) is 5.69 Å². The molecule has 2 heterocycles. The van der Waals surface area contributed by atoms with E-state index in [9.17, 15) is 14.0 Å². The van der Waals surface area contributed by atoms with E-state index >= 15 is 0 Å². The fraction of sp³-hybridized carbons (Fsp3) is 0.706. The van der Waals surface area contributed by atoms with Crippen LogP contribution >= 0.6 is 0 Å². The van der Waals surface area contributed by atoms with E-state index in [2.05, 4.69) is 12.0 Å². The number of likely N-dealkylation sites (tertiary alicyclic amines) is 1. The fourth-order valence-electron chi connectivity index (χ4n) is 3.71. The quantitative estimate of drug-likeness (QED) is 0.902. The van der Waals surface area contributed by atoms with Crippen LogP contribution in [0.5, 0.6) is 0 Å². The topological polar surface area (TPSA) is 75.4 Å². The summed E-state index contributed by atoms with van der Waals surface area (Å²) < 4.78 is 15.8. The van der Waals surface area contributed by atoms with Gasteiger partial charge in [0.2, 0.25) is 0 Å². The monoisotopic (exact) mass is 337 g/mol. The molecule has 1 aliphatic carbocycles. The standard InChI is InChI=1S/C17H24FN3O3/c1-11-3-4-13-14(11)15(19-21(13)9-12(2)23)16(24)20-7-5-17(18,10-22)6-8-20/h11,22H,3-10H2,1-2H3/t11-/m1/s1. The molecule has 1 atom stereocenters. The van der Waals surface area contributed by atoms with E-state index in [-0.39, 0.29) is 50.1 Å². The number of alkyl halides is 1. The SMILES string of the molecule is CC(=O)Cn1nc(C(=O)N2CCC(F)(CO)CC2)c2c1CC[C@H]2C. The Hall–Kier alpha value is -1.76. The van der Waals surface area contributed by atoms with Gasteiger partial charge in [-0.2, -0.15) is 5.10 Å². The molecule has 0 radical (unpaired) electrons. The number of carbonyl (C=O) groups excluding carboxylic acids is 2. The fourth-order valence-corrected chi connectivity index (χ4v) is 3.71. The minimum atomic E-state index is -1.58. The summed E-state index contributed by atoms with van der Waals surface area (Å²) in [5.41, 5.74) is 0.750. The Morgan fingerprint density at radius 1 is 1.38 bits per heavy atom. The van der Waals surface area contributed by atoms with Crippen LogP contribution < -0.4 is 0 Å². The third-order valence-electron chi connectivity index (χ3n) is 5.21. The first-order valence-corrected chi connectivity index (χ1v) is 8.53. The molecule has 1 N–H and O–H groups in total. The molecule has 1 fully saturated rings. The summed E-state index contributed by atoms with van der Waals surface area (Å²) in [4.78, 5) is 26.0. The van der Waals surface area contributed by atoms with Gasteiger partial charge < -0.3 is 10.0 Å². The predicted molar refractivity (Wildman–Crippen MR) is 85.7 cm³/mol. The van der Waals surface area contributed by atoms with Gasteiger partial charge in [-0.25, -0.2) is 4.39 Å². The highest BCUT2D eigenvalue weighted by molar-refractivity contribution is 5.94. The molecule has 0 bridgehead atoms. The third-order valence-corrected chi connectivity index (χ3v) is 5.21. The predicted octanol–water partition coefficient (Wildman–Crippen LogP) is 1.46. The molecule has 1 amide bonds. The minimum Gasteiger partial charge on any atom is -0.393 e. The lowest BCUT2D eigenvalue weighted by Crippen LogP contribution is -2.46. The highest BCUT2D eigenvalue weighted by Crippen LogP contribution is 2.36. The van der Waals surface area contributed by atoms with Gasteiger partial charge in [-0.1, -0.05) is 6.92 Å². The van der Waals surface area contributed by atoms with Crippen molar-refractivity contribution in [1.82, 2.24) is 14.7 Å². The van der Waals surface area contributed by atoms with E-state index in [4.69, 9.17) is 5.11 Å². The van der Waals surface area contributed by atoms with Gasteiger partial charge in [0.1, 0.15) is 5.67 Å². The number of rotatable bonds is 4. The zero-order valence-corrected chi connectivity index (χ0v) is 14.2. The first-order valence-electron chi connectivity index (χ1n) is 8.53. The third kappa shape index (κ3) is 2.97. The van der Waals surface area contributed by atoms with Crippen molar-refractivity contribution in [3.8, 4) is 0 Å². The smallest absolute Gasteiger partial charge is 0.274 e. The van der Waals surface area contributed by atoms with Crippen molar-refractivity contribution in [3.63, 3.8) is 0 Å². The molecule has 3 rings (SSSR count). The summed E-state index contributed by atoms with van der Waals surface area (Å²) in [6.07, 6.45) is 2.05. The first kappa shape index (κ1) is 17.1. The van der Waals surface area contributed by atoms with Gasteiger partial charge in [0, 0.05) is 37.2 Å². The summed E-state index contributed by atoms with van der Waals surface area (Å²) in [5.74, 6) is 0.0476. The Bertz CT molecular complexity index is 662. The Kier molecular flexibility index (Phi) is 4.46. The van der Waals surface area contributed by atoms with Gasteiger partial charge >= 0.3 is 0 Å². The van der Waals surface area contributed by atoms with Crippen molar-refractivity contribution in [2.45, 2.75) is 57.7 Å². The Labute approximate surface area is 140 Å². The number of carbonyl (C=O) groups is 2. The summed E-state index contributed by atoms with van der Waals surface area (Å²) in [6, 6.07) is 0. The molecular formula is C17H24FN3O3. The van der Waals surface area contributed by atoms with E-state index in [1.54, 1.807) is 9.58 Å². The molecule has 7 heteroatoms. The van der Waals surface area contributed by atoms with Crippen LogP contribution in [0.4, 0.5) is 4.39 Å². The van der Waals surface area contributed by atoms with Gasteiger partial charge in [0.05, 0.1) is 13.2 Å². The average Bonchev–Trinajstić information content (AvgIpc) is 3.09. The molecule has 24 heavy (non-hydrogen) atoms. The average molecular weight is 337 g/mol. The normalized spacial score (nSPS) is 22.5. The molecule has 1 aromatic heterocycles. The maximum absolute atomic E-state index is 14.1. The molecule has 6 nitrogen and oxygen atoms in total. The summed E-state index contributed by atoms with van der Waals surface area (Å²) in [5, 5.41) is 13.5. The van der Waals surface area contributed by atoms with Crippen molar-refractivity contribution in [3.05, 3.63) is 17.0 Å². The van der Waals surface area contributed by atoms with E-state index in [1.165, 1.54) is 6.92 Å². The molecule has 0 aromatic carbocycles. The maximum atomic E-state index is 14.1. The van der Waals surface area contributed by atoms with Crippen LogP contribution in [0, 0.1) is 0 Å². The number of amides is 1. The van der Waals surface area contributed by atoms with Gasteiger partial charge in [0.25, 0.3) is 5.91 Å². The van der Waals surface area contributed by atoms with E-state index in [0.717, 1.165) is 24.1 Å². The van der Waals surface area contributed by atoms with Crippen LogP contribution in [-0.2, 0) is 17.8 Å². The van der Waals surface area contributed by atoms with Crippen LogP contribution in [0.25, 0.3) is 0 Å². The summed E-state index contributed by atoms with van der Waals surface area (Å²) >= 11 is 0. The van der Waals surface area contributed by atoms with Gasteiger partial charge in [-0.05, 0) is 25.7 Å². The second-order valence-electron chi connectivity index (χ2n) is 7.11. The highest BCUT2D eigenvalue weighted by atomic mass is 19.1. The molecule has 1 aromatic rings.